The summed E-state index contributed by atoms with van der Waals surface area (Å²) in [5, 5.41) is 3.54. The Balaban J connectivity index is 2.07. The lowest BCUT2D eigenvalue weighted by Crippen LogP contribution is -2.59. The zero-order chi connectivity index (χ0) is 11.8. The summed E-state index contributed by atoms with van der Waals surface area (Å²) < 4.78 is 0. The highest BCUT2D eigenvalue weighted by molar-refractivity contribution is 5.85. The largest absolute Gasteiger partial charge is 0.368 e. The Bertz CT molecular complexity index is 263. The monoisotopic (exact) mass is 225 g/mol. The highest BCUT2D eigenvalue weighted by Gasteiger charge is 2.46. The predicted molar refractivity (Wildman–Crippen MR) is 64.0 cm³/mol. The van der Waals surface area contributed by atoms with Crippen molar-refractivity contribution in [2.45, 2.75) is 56.7 Å². The first-order valence-corrected chi connectivity index (χ1v) is 6.31. The van der Waals surface area contributed by atoms with E-state index >= 15 is 0 Å². The Hall–Kier alpha value is -0.610. The molecule has 1 amide bonds. The van der Waals surface area contributed by atoms with Gasteiger partial charge >= 0.3 is 0 Å². The fraction of sp³-hybridized carbons (Fsp3) is 0.917. The van der Waals surface area contributed by atoms with E-state index in [4.69, 9.17) is 5.73 Å². The van der Waals surface area contributed by atoms with Crippen molar-refractivity contribution in [3.8, 4) is 0 Å². The van der Waals surface area contributed by atoms with Gasteiger partial charge in [-0.05, 0) is 33.2 Å². The number of nitrogens with zero attached hydrogens (tertiary/aromatic N) is 1. The van der Waals surface area contributed by atoms with Crippen LogP contribution in [0.25, 0.3) is 0 Å². The molecule has 16 heavy (non-hydrogen) atoms. The molecular weight excluding hydrogens is 202 g/mol. The molecule has 0 aromatic rings. The number of hydrogen-bond donors (Lipinski definition) is 2. The van der Waals surface area contributed by atoms with Gasteiger partial charge in [0.15, 0.2) is 0 Å². The van der Waals surface area contributed by atoms with Gasteiger partial charge in [-0.3, -0.25) is 10.1 Å². The number of hydrogen-bond acceptors (Lipinski definition) is 3. The number of nitrogens with one attached hydrogen (secondary N) is 1. The maximum Gasteiger partial charge on any atom is 0.239 e. The lowest BCUT2D eigenvalue weighted by molar-refractivity contribution is -0.124. The van der Waals surface area contributed by atoms with Crippen molar-refractivity contribution in [1.29, 1.82) is 0 Å². The van der Waals surface area contributed by atoms with Gasteiger partial charge in [0.25, 0.3) is 0 Å². The minimum Gasteiger partial charge on any atom is -0.368 e. The van der Waals surface area contributed by atoms with Crippen LogP contribution in [0.2, 0.25) is 0 Å². The van der Waals surface area contributed by atoms with E-state index in [1.807, 2.05) is 0 Å². The van der Waals surface area contributed by atoms with Crippen molar-refractivity contribution in [1.82, 2.24) is 10.2 Å². The second-order valence-corrected chi connectivity index (χ2v) is 5.54. The molecule has 4 heteroatoms. The Morgan fingerprint density at radius 2 is 2.06 bits per heavy atom. The van der Waals surface area contributed by atoms with Gasteiger partial charge in [0, 0.05) is 18.6 Å². The molecule has 0 radical (unpaired) electrons. The van der Waals surface area contributed by atoms with Gasteiger partial charge in [-0.1, -0.05) is 12.8 Å². The first-order chi connectivity index (χ1) is 7.53. The summed E-state index contributed by atoms with van der Waals surface area (Å²) in [4.78, 5) is 14.0. The second-order valence-electron chi connectivity index (χ2n) is 5.54. The number of rotatable bonds is 3. The first kappa shape index (κ1) is 11.9. The van der Waals surface area contributed by atoms with Crippen LogP contribution in [0.4, 0.5) is 0 Å². The second kappa shape index (κ2) is 4.34. The summed E-state index contributed by atoms with van der Waals surface area (Å²) >= 11 is 0. The molecule has 1 aliphatic heterocycles. The van der Waals surface area contributed by atoms with Crippen molar-refractivity contribution < 1.29 is 4.79 Å². The number of primary amides is 1. The van der Waals surface area contributed by atoms with Crippen LogP contribution in [0.1, 0.15) is 39.0 Å². The van der Waals surface area contributed by atoms with Crippen molar-refractivity contribution in [2.24, 2.45) is 5.73 Å². The molecule has 1 saturated carbocycles. The average molecular weight is 225 g/mol. The fourth-order valence-electron chi connectivity index (χ4n) is 3.12. The van der Waals surface area contributed by atoms with Gasteiger partial charge in [0.05, 0.1) is 0 Å². The Kier molecular flexibility index (Phi) is 3.22. The third-order valence-corrected chi connectivity index (χ3v) is 4.22. The van der Waals surface area contributed by atoms with Crippen LogP contribution in [0.5, 0.6) is 0 Å². The standard InChI is InChI=1S/C12H23N3O/c1-9-7-12(11(13)16,8-15(9)2)14-10-5-3-4-6-10/h9-10,14H,3-8H2,1-2H3,(H2,13,16). The van der Waals surface area contributed by atoms with Crippen LogP contribution < -0.4 is 11.1 Å². The molecule has 1 heterocycles. The summed E-state index contributed by atoms with van der Waals surface area (Å²) in [6.07, 6.45) is 5.77. The number of carbonyl (C=O) groups is 1. The smallest absolute Gasteiger partial charge is 0.239 e. The molecule has 92 valence electrons. The van der Waals surface area contributed by atoms with E-state index in [1.54, 1.807) is 0 Å². The highest BCUT2D eigenvalue weighted by atomic mass is 16.1. The molecule has 2 rings (SSSR count). The molecule has 2 unspecified atom stereocenters. The molecule has 0 spiro atoms. The quantitative estimate of drug-likeness (QED) is 0.734. The van der Waals surface area contributed by atoms with E-state index in [0.29, 0.717) is 12.1 Å². The number of likely N-dealkylation sites (tertiary alicyclic amines) is 1. The Morgan fingerprint density at radius 1 is 1.44 bits per heavy atom. The molecule has 1 saturated heterocycles. The molecule has 0 aromatic heterocycles. The maximum absolute atomic E-state index is 11.7. The molecule has 0 bridgehead atoms. The fourth-order valence-corrected chi connectivity index (χ4v) is 3.12. The van der Waals surface area contributed by atoms with Gasteiger partial charge in [0.2, 0.25) is 5.91 Å². The van der Waals surface area contributed by atoms with E-state index in [0.717, 1.165) is 13.0 Å². The number of carbonyl (C=O) groups excluding carboxylic acids is 1. The van der Waals surface area contributed by atoms with E-state index in [1.165, 1.54) is 25.7 Å². The zero-order valence-corrected chi connectivity index (χ0v) is 10.3. The summed E-state index contributed by atoms with van der Waals surface area (Å²) in [5.74, 6) is -0.185. The number of amides is 1. The summed E-state index contributed by atoms with van der Waals surface area (Å²) in [6, 6.07) is 0.924. The molecule has 4 nitrogen and oxygen atoms in total. The molecular formula is C12H23N3O. The predicted octanol–water partition coefficient (Wildman–Crippen LogP) is 0.467. The van der Waals surface area contributed by atoms with Gasteiger partial charge in [-0.15, -0.1) is 0 Å². The summed E-state index contributed by atoms with van der Waals surface area (Å²) in [5.41, 5.74) is 5.12. The van der Waals surface area contributed by atoms with Gasteiger partial charge in [-0.25, -0.2) is 0 Å². The number of likely N-dealkylation sites (N-methyl/N-ethyl adjacent to an activating group) is 1. The minimum atomic E-state index is -0.483. The molecule has 1 aliphatic carbocycles. The van der Waals surface area contributed by atoms with Crippen LogP contribution in [-0.4, -0.2) is 42.0 Å². The van der Waals surface area contributed by atoms with Crippen molar-refractivity contribution in [3.05, 3.63) is 0 Å². The van der Waals surface area contributed by atoms with Gasteiger partial charge in [0.1, 0.15) is 5.54 Å². The SMILES string of the molecule is CC1CC(NC2CCCC2)(C(N)=O)CN1C. The van der Waals surface area contributed by atoms with Gasteiger partial charge in [-0.2, -0.15) is 0 Å². The van der Waals surface area contributed by atoms with Crippen LogP contribution in [-0.2, 0) is 4.79 Å². The van der Waals surface area contributed by atoms with Crippen LogP contribution in [0, 0.1) is 0 Å². The van der Waals surface area contributed by atoms with Crippen molar-refractivity contribution in [3.63, 3.8) is 0 Å². The maximum atomic E-state index is 11.7. The first-order valence-electron chi connectivity index (χ1n) is 6.31. The van der Waals surface area contributed by atoms with Crippen molar-refractivity contribution >= 4 is 5.91 Å². The van der Waals surface area contributed by atoms with Crippen LogP contribution in [0.15, 0.2) is 0 Å². The van der Waals surface area contributed by atoms with Crippen LogP contribution in [0.3, 0.4) is 0 Å². The Labute approximate surface area is 97.6 Å². The third kappa shape index (κ3) is 2.09. The van der Waals surface area contributed by atoms with Crippen LogP contribution >= 0.6 is 0 Å². The van der Waals surface area contributed by atoms with Gasteiger partial charge < -0.3 is 10.6 Å². The van der Waals surface area contributed by atoms with E-state index in [9.17, 15) is 4.79 Å². The third-order valence-electron chi connectivity index (χ3n) is 4.22. The number of nitrogens with two attached hydrogens (primary N) is 1. The Morgan fingerprint density at radius 3 is 2.50 bits per heavy atom. The minimum absolute atomic E-state index is 0.185. The van der Waals surface area contributed by atoms with Crippen molar-refractivity contribution in [2.75, 3.05) is 13.6 Å². The summed E-state index contributed by atoms with van der Waals surface area (Å²) in [7, 11) is 2.06. The molecule has 3 N–H and O–H groups in total. The lowest BCUT2D eigenvalue weighted by atomic mass is 9.94. The summed E-state index contributed by atoms with van der Waals surface area (Å²) in [6.45, 7) is 2.90. The molecule has 2 aliphatic rings. The molecule has 2 atom stereocenters. The topological polar surface area (TPSA) is 58.4 Å². The zero-order valence-electron chi connectivity index (χ0n) is 10.3. The highest BCUT2D eigenvalue weighted by Crippen LogP contribution is 2.29. The van der Waals surface area contributed by atoms with E-state index < -0.39 is 5.54 Å². The molecule has 2 fully saturated rings. The normalized spacial score (nSPS) is 37.0. The van der Waals surface area contributed by atoms with E-state index in [2.05, 4.69) is 24.2 Å². The average Bonchev–Trinajstić information content (AvgIpc) is 2.77. The van der Waals surface area contributed by atoms with E-state index in [-0.39, 0.29) is 5.91 Å². The lowest BCUT2D eigenvalue weighted by Gasteiger charge is -2.30. The molecule has 0 aromatic carbocycles.